The second-order valence-electron chi connectivity index (χ2n) is 4.77. The number of anilines is 1. The molecule has 98 valence electrons. The van der Waals surface area contributed by atoms with E-state index >= 15 is 0 Å². The predicted octanol–water partition coefficient (Wildman–Crippen LogP) is 3.40. The van der Waals surface area contributed by atoms with E-state index in [1.807, 2.05) is 17.0 Å². The first-order valence-corrected chi connectivity index (χ1v) is 6.31. The summed E-state index contributed by atoms with van der Waals surface area (Å²) < 4.78 is 19.4. The summed E-state index contributed by atoms with van der Waals surface area (Å²) in [6.07, 6.45) is 4.40. The first kappa shape index (κ1) is 12.0. The zero-order chi connectivity index (χ0) is 13.2. The van der Waals surface area contributed by atoms with Gasteiger partial charge in [0.05, 0.1) is 18.5 Å². The van der Waals surface area contributed by atoms with Crippen LogP contribution in [0.25, 0.3) is 0 Å². The molecule has 2 aromatic rings. The molecule has 0 N–H and O–H groups in total. The van der Waals surface area contributed by atoms with Gasteiger partial charge in [0.2, 0.25) is 0 Å². The molecule has 1 heterocycles. The van der Waals surface area contributed by atoms with Crippen molar-refractivity contribution in [2.24, 2.45) is 0 Å². The highest BCUT2D eigenvalue weighted by molar-refractivity contribution is 5.76. The second-order valence-corrected chi connectivity index (χ2v) is 4.77. The number of hydrogen-bond acceptors (Lipinski definition) is 3. The number of furan rings is 1. The fraction of sp³-hybridized carbons (Fsp3) is 0.267. The van der Waals surface area contributed by atoms with Crippen LogP contribution in [0.5, 0.6) is 0 Å². The predicted molar refractivity (Wildman–Crippen MR) is 69.7 cm³/mol. The molecule has 1 fully saturated rings. The molecule has 1 aromatic carbocycles. The van der Waals surface area contributed by atoms with Crippen LogP contribution in [0.15, 0.2) is 41.0 Å². The number of benzene rings is 1. The third kappa shape index (κ3) is 2.52. The molecule has 1 aliphatic carbocycles. The molecule has 3 rings (SSSR count). The van der Waals surface area contributed by atoms with Crippen molar-refractivity contribution in [3.63, 3.8) is 0 Å². The maximum Gasteiger partial charge on any atom is 0.150 e. The van der Waals surface area contributed by atoms with Crippen molar-refractivity contribution in [2.75, 3.05) is 4.90 Å². The van der Waals surface area contributed by atoms with Gasteiger partial charge in [-0.15, -0.1) is 0 Å². The lowest BCUT2D eigenvalue weighted by Crippen LogP contribution is -2.25. The summed E-state index contributed by atoms with van der Waals surface area (Å²) in [5.41, 5.74) is 0.888. The van der Waals surface area contributed by atoms with Gasteiger partial charge >= 0.3 is 0 Å². The van der Waals surface area contributed by atoms with Crippen LogP contribution in [0.1, 0.15) is 29.0 Å². The van der Waals surface area contributed by atoms with E-state index in [-0.39, 0.29) is 5.82 Å². The van der Waals surface area contributed by atoms with E-state index in [4.69, 9.17) is 4.42 Å². The number of aldehydes is 1. The normalized spacial score (nSPS) is 14.4. The van der Waals surface area contributed by atoms with E-state index < -0.39 is 0 Å². The molecule has 0 spiro atoms. The van der Waals surface area contributed by atoms with E-state index in [2.05, 4.69) is 0 Å². The van der Waals surface area contributed by atoms with Crippen LogP contribution in [0.4, 0.5) is 10.1 Å². The molecule has 0 radical (unpaired) electrons. The molecule has 1 aromatic heterocycles. The van der Waals surface area contributed by atoms with Crippen LogP contribution >= 0.6 is 0 Å². The van der Waals surface area contributed by atoms with Gasteiger partial charge in [-0.05, 0) is 43.2 Å². The van der Waals surface area contributed by atoms with E-state index in [0.29, 0.717) is 30.1 Å². The molecule has 1 aliphatic rings. The third-order valence-corrected chi connectivity index (χ3v) is 3.31. The number of rotatable bonds is 5. The standard InChI is InChI=1S/C15H14FNO2/c16-14-8-11(10-18)3-6-15(14)17(12-4-5-12)9-13-2-1-7-19-13/h1-3,6-8,10,12H,4-5,9H2. The van der Waals surface area contributed by atoms with Crippen molar-refractivity contribution in [3.05, 3.63) is 53.7 Å². The molecule has 1 saturated carbocycles. The van der Waals surface area contributed by atoms with Crippen LogP contribution in [0.3, 0.4) is 0 Å². The fourth-order valence-electron chi connectivity index (χ4n) is 2.20. The highest BCUT2D eigenvalue weighted by atomic mass is 19.1. The van der Waals surface area contributed by atoms with Gasteiger partial charge in [-0.3, -0.25) is 4.79 Å². The topological polar surface area (TPSA) is 33.5 Å². The van der Waals surface area contributed by atoms with Crippen molar-refractivity contribution in [1.82, 2.24) is 0 Å². The summed E-state index contributed by atoms with van der Waals surface area (Å²) in [5, 5.41) is 0. The van der Waals surface area contributed by atoms with E-state index in [1.54, 1.807) is 18.4 Å². The van der Waals surface area contributed by atoms with Crippen molar-refractivity contribution < 1.29 is 13.6 Å². The number of carbonyl (C=O) groups excluding carboxylic acids is 1. The Morgan fingerprint density at radius 3 is 2.79 bits per heavy atom. The van der Waals surface area contributed by atoms with Gasteiger partial charge in [0.15, 0.2) is 0 Å². The Hall–Kier alpha value is -2.10. The van der Waals surface area contributed by atoms with Crippen LogP contribution in [-0.4, -0.2) is 12.3 Å². The minimum atomic E-state index is -0.358. The third-order valence-electron chi connectivity index (χ3n) is 3.31. The lowest BCUT2D eigenvalue weighted by atomic mass is 10.2. The highest BCUT2D eigenvalue weighted by Crippen LogP contribution is 2.34. The zero-order valence-electron chi connectivity index (χ0n) is 10.4. The first-order chi connectivity index (χ1) is 9.28. The largest absolute Gasteiger partial charge is 0.467 e. The van der Waals surface area contributed by atoms with Gasteiger partial charge in [-0.1, -0.05) is 0 Å². The molecule has 0 saturated heterocycles. The van der Waals surface area contributed by atoms with Crippen LogP contribution < -0.4 is 4.90 Å². The lowest BCUT2D eigenvalue weighted by Gasteiger charge is -2.24. The van der Waals surface area contributed by atoms with Crippen molar-refractivity contribution in [2.45, 2.75) is 25.4 Å². The Morgan fingerprint density at radius 1 is 1.37 bits per heavy atom. The second kappa shape index (κ2) is 4.88. The number of hydrogen-bond donors (Lipinski definition) is 0. The number of nitrogens with zero attached hydrogens (tertiary/aromatic N) is 1. The molecular weight excluding hydrogens is 245 g/mol. The zero-order valence-corrected chi connectivity index (χ0v) is 10.4. The molecular formula is C15H14FNO2. The summed E-state index contributed by atoms with van der Waals surface area (Å²) in [7, 11) is 0. The summed E-state index contributed by atoms with van der Waals surface area (Å²) >= 11 is 0. The SMILES string of the molecule is O=Cc1ccc(N(Cc2ccco2)C2CC2)c(F)c1. The summed E-state index contributed by atoms with van der Waals surface area (Å²) in [5.74, 6) is 0.453. The van der Waals surface area contributed by atoms with Gasteiger partial charge in [0, 0.05) is 11.6 Å². The minimum Gasteiger partial charge on any atom is -0.467 e. The maximum absolute atomic E-state index is 14.1. The van der Waals surface area contributed by atoms with Crippen molar-refractivity contribution in [1.29, 1.82) is 0 Å². The molecule has 0 atom stereocenters. The molecule has 0 amide bonds. The van der Waals surface area contributed by atoms with Crippen LogP contribution in [0, 0.1) is 5.82 Å². The van der Waals surface area contributed by atoms with Gasteiger partial charge < -0.3 is 9.32 Å². The monoisotopic (exact) mass is 259 g/mol. The summed E-state index contributed by atoms with van der Waals surface area (Å²) in [4.78, 5) is 12.6. The van der Waals surface area contributed by atoms with Crippen molar-refractivity contribution in [3.8, 4) is 0 Å². The maximum atomic E-state index is 14.1. The fourth-order valence-corrected chi connectivity index (χ4v) is 2.20. The van der Waals surface area contributed by atoms with Gasteiger partial charge in [-0.2, -0.15) is 0 Å². The Labute approximate surface area is 110 Å². The smallest absolute Gasteiger partial charge is 0.150 e. The van der Waals surface area contributed by atoms with E-state index in [0.717, 1.165) is 18.6 Å². The quantitative estimate of drug-likeness (QED) is 0.772. The molecule has 0 unspecified atom stereocenters. The Balaban J connectivity index is 1.89. The molecule has 3 nitrogen and oxygen atoms in total. The average molecular weight is 259 g/mol. The first-order valence-electron chi connectivity index (χ1n) is 6.31. The molecule has 0 bridgehead atoms. The number of carbonyl (C=O) groups is 1. The van der Waals surface area contributed by atoms with Gasteiger partial charge in [0.1, 0.15) is 17.9 Å². The van der Waals surface area contributed by atoms with Crippen LogP contribution in [-0.2, 0) is 6.54 Å². The lowest BCUT2D eigenvalue weighted by molar-refractivity contribution is 0.112. The van der Waals surface area contributed by atoms with Gasteiger partial charge in [-0.25, -0.2) is 4.39 Å². The Morgan fingerprint density at radius 2 is 2.21 bits per heavy atom. The summed E-state index contributed by atoms with van der Waals surface area (Å²) in [6, 6.07) is 8.66. The van der Waals surface area contributed by atoms with Gasteiger partial charge in [0.25, 0.3) is 0 Å². The average Bonchev–Trinajstić information content (AvgIpc) is 3.14. The molecule has 4 heteroatoms. The Kier molecular flexibility index (Phi) is 3.07. The van der Waals surface area contributed by atoms with Crippen LogP contribution in [0.2, 0.25) is 0 Å². The summed E-state index contributed by atoms with van der Waals surface area (Å²) in [6.45, 7) is 0.551. The highest BCUT2D eigenvalue weighted by Gasteiger charge is 2.31. The molecule has 0 aliphatic heterocycles. The number of halogens is 1. The van der Waals surface area contributed by atoms with E-state index in [9.17, 15) is 9.18 Å². The molecule has 19 heavy (non-hydrogen) atoms. The minimum absolute atomic E-state index is 0.356. The van der Waals surface area contributed by atoms with Crippen molar-refractivity contribution >= 4 is 12.0 Å². The Bertz CT molecular complexity index is 576. The van der Waals surface area contributed by atoms with E-state index in [1.165, 1.54) is 6.07 Å².